The Morgan fingerprint density at radius 2 is 1.85 bits per heavy atom. The fraction of sp³-hybridized carbons (Fsp3) is 0.727. The normalized spacial score (nSPS) is 27.6. The standard InChI is InChI=1S/C22H33N3O2/c1-16-13-23-19(17(2)20(16)26)14-24-12-10-22(15-24)9-6-11-25(21(22)27)18-7-4-3-5-8-18/h13,18H,3-12,14-15H2,1-2H3,(H,23,26)/t22-/m1/s1. The van der Waals surface area contributed by atoms with Crippen molar-refractivity contribution in [2.45, 2.75) is 77.8 Å². The molecule has 27 heavy (non-hydrogen) atoms. The van der Waals surface area contributed by atoms with Gasteiger partial charge in [-0.25, -0.2) is 0 Å². The first-order valence-corrected chi connectivity index (χ1v) is 10.7. The summed E-state index contributed by atoms with van der Waals surface area (Å²) in [6, 6.07) is 0.480. The second-order valence-electron chi connectivity index (χ2n) is 9.04. The number of carbonyl (C=O) groups is 1. The second-order valence-corrected chi connectivity index (χ2v) is 9.04. The van der Waals surface area contributed by atoms with E-state index in [0.717, 1.165) is 62.3 Å². The SMILES string of the molecule is Cc1c[nH]c(CN2CC[C@]3(CCCN(C4CCCCC4)C3=O)C2)c(C)c1=O. The van der Waals surface area contributed by atoms with Crippen LogP contribution in [0.15, 0.2) is 11.0 Å². The molecule has 0 aromatic carbocycles. The van der Waals surface area contributed by atoms with Crippen molar-refractivity contribution in [3.05, 3.63) is 33.2 Å². The summed E-state index contributed by atoms with van der Waals surface area (Å²) in [7, 11) is 0. The third kappa shape index (κ3) is 3.46. The monoisotopic (exact) mass is 371 g/mol. The van der Waals surface area contributed by atoms with E-state index >= 15 is 0 Å². The maximum absolute atomic E-state index is 13.5. The van der Waals surface area contributed by atoms with Gasteiger partial charge in [0.25, 0.3) is 0 Å². The zero-order chi connectivity index (χ0) is 19.0. The van der Waals surface area contributed by atoms with Crippen LogP contribution >= 0.6 is 0 Å². The van der Waals surface area contributed by atoms with Crippen LogP contribution in [0, 0.1) is 19.3 Å². The van der Waals surface area contributed by atoms with Crippen molar-refractivity contribution in [1.82, 2.24) is 14.8 Å². The van der Waals surface area contributed by atoms with Crippen molar-refractivity contribution in [2.75, 3.05) is 19.6 Å². The van der Waals surface area contributed by atoms with Gasteiger partial charge >= 0.3 is 0 Å². The highest BCUT2D eigenvalue weighted by atomic mass is 16.2. The van der Waals surface area contributed by atoms with E-state index in [9.17, 15) is 9.59 Å². The topological polar surface area (TPSA) is 56.4 Å². The van der Waals surface area contributed by atoms with E-state index in [1.807, 2.05) is 20.0 Å². The van der Waals surface area contributed by atoms with Crippen molar-refractivity contribution in [2.24, 2.45) is 5.41 Å². The van der Waals surface area contributed by atoms with Gasteiger partial charge in [-0.1, -0.05) is 19.3 Å². The summed E-state index contributed by atoms with van der Waals surface area (Å²) >= 11 is 0. The van der Waals surface area contributed by atoms with Gasteiger partial charge in [0.1, 0.15) is 0 Å². The van der Waals surface area contributed by atoms with Crippen LogP contribution in [0.3, 0.4) is 0 Å². The number of carbonyl (C=O) groups excluding carboxylic acids is 1. The minimum absolute atomic E-state index is 0.134. The first-order chi connectivity index (χ1) is 13.0. The number of aryl methyl sites for hydroxylation is 1. The number of rotatable bonds is 3. The minimum atomic E-state index is -0.186. The molecular formula is C22H33N3O2. The van der Waals surface area contributed by atoms with E-state index in [4.69, 9.17) is 0 Å². The van der Waals surface area contributed by atoms with E-state index in [0.29, 0.717) is 11.9 Å². The molecule has 3 fully saturated rings. The average molecular weight is 372 g/mol. The van der Waals surface area contributed by atoms with E-state index in [-0.39, 0.29) is 10.8 Å². The van der Waals surface area contributed by atoms with Gasteiger partial charge in [-0.05, 0) is 52.5 Å². The molecular weight excluding hydrogens is 338 g/mol. The number of pyridine rings is 1. The van der Waals surface area contributed by atoms with Crippen LogP contribution in [-0.4, -0.2) is 46.4 Å². The number of aromatic amines is 1. The molecule has 0 bridgehead atoms. The summed E-state index contributed by atoms with van der Waals surface area (Å²) in [4.78, 5) is 33.6. The smallest absolute Gasteiger partial charge is 0.230 e. The molecule has 1 atom stereocenters. The van der Waals surface area contributed by atoms with Crippen LogP contribution in [0.25, 0.3) is 0 Å². The molecule has 0 unspecified atom stereocenters. The number of likely N-dealkylation sites (tertiary alicyclic amines) is 2. The Morgan fingerprint density at radius 1 is 1.07 bits per heavy atom. The van der Waals surface area contributed by atoms with Gasteiger partial charge in [0.05, 0.1) is 5.41 Å². The molecule has 1 aliphatic carbocycles. The van der Waals surface area contributed by atoms with Gasteiger partial charge in [0.15, 0.2) is 5.43 Å². The number of aromatic nitrogens is 1. The Morgan fingerprint density at radius 3 is 2.63 bits per heavy atom. The molecule has 5 heteroatoms. The maximum Gasteiger partial charge on any atom is 0.230 e. The molecule has 2 aliphatic heterocycles. The molecule has 0 radical (unpaired) electrons. The van der Waals surface area contributed by atoms with Gasteiger partial charge < -0.3 is 9.88 Å². The van der Waals surface area contributed by atoms with Gasteiger partial charge in [-0.15, -0.1) is 0 Å². The first-order valence-electron chi connectivity index (χ1n) is 10.7. The molecule has 5 nitrogen and oxygen atoms in total. The highest BCUT2D eigenvalue weighted by Crippen LogP contribution is 2.42. The van der Waals surface area contributed by atoms with E-state index in [1.165, 1.54) is 32.1 Å². The Bertz CT molecular complexity index is 765. The summed E-state index contributed by atoms with van der Waals surface area (Å²) in [6.07, 6.45) is 11.2. The van der Waals surface area contributed by atoms with Gasteiger partial charge in [0.2, 0.25) is 5.91 Å². The first kappa shape index (κ1) is 18.7. The van der Waals surface area contributed by atoms with E-state index < -0.39 is 0 Å². The lowest BCUT2D eigenvalue weighted by molar-refractivity contribution is -0.149. The maximum atomic E-state index is 13.5. The van der Waals surface area contributed by atoms with Crippen LogP contribution in [-0.2, 0) is 11.3 Å². The number of nitrogens with one attached hydrogen (secondary N) is 1. The predicted octanol–water partition coefficient (Wildman–Crippen LogP) is 3.14. The lowest BCUT2D eigenvalue weighted by atomic mass is 9.77. The fourth-order valence-electron chi connectivity index (χ4n) is 5.50. The van der Waals surface area contributed by atoms with Crippen LogP contribution in [0.5, 0.6) is 0 Å². The molecule has 1 aromatic heterocycles. The van der Waals surface area contributed by atoms with E-state index in [2.05, 4.69) is 14.8 Å². The van der Waals surface area contributed by atoms with Crippen molar-refractivity contribution >= 4 is 5.91 Å². The number of amides is 1. The zero-order valence-corrected chi connectivity index (χ0v) is 16.9. The van der Waals surface area contributed by atoms with Crippen molar-refractivity contribution in [3.63, 3.8) is 0 Å². The Labute approximate surface area is 162 Å². The van der Waals surface area contributed by atoms with E-state index in [1.54, 1.807) is 0 Å². The van der Waals surface area contributed by atoms with Crippen molar-refractivity contribution < 1.29 is 4.79 Å². The molecule has 2 saturated heterocycles. The summed E-state index contributed by atoms with van der Waals surface area (Å²) in [6.45, 7) is 7.23. The molecule has 148 valence electrons. The third-order valence-electron chi connectivity index (χ3n) is 7.21. The summed E-state index contributed by atoms with van der Waals surface area (Å²) < 4.78 is 0. The molecule has 3 aliphatic rings. The average Bonchev–Trinajstić information content (AvgIpc) is 3.09. The van der Waals surface area contributed by atoms with Gasteiger partial charge in [0, 0.05) is 48.7 Å². The molecule has 1 saturated carbocycles. The highest BCUT2D eigenvalue weighted by molar-refractivity contribution is 5.84. The summed E-state index contributed by atoms with van der Waals surface area (Å²) in [5, 5.41) is 0. The molecule has 4 rings (SSSR count). The number of hydrogen-bond acceptors (Lipinski definition) is 3. The number of nitrogens with zero attached hydrogens (tertiary/aromatic N) is 2. The number of hydrogen-bond donors (Lipinski definition) is 1. The molecule has 1 amide bonds. The van der Waals surface area contributed by atoms with Crippen LogP contribution in [0.2, 0.25) is 0 Å². The van der Waals surface area contributed by atoms with Gasteiger partial charge in [-0.3, -0.25) is 14.5 Å². The molecule has 3 heterocycles. The highest BCUT2D eigenvalue weighted by Gasteiger charge is 2.49. The van der Waals surface area contributed by atoms with Gasteiger partial charge in [-0.2, -0.15) is 0 Å². The Hall–Kier alpha value is -1.62. The minimum Gasteiger partial charge on any atom is -0.363 e. The van der Waals surface area contributed by atoms with Crippen molar-refractivity contribution in [1.29, 1.82) is 0 Å². The lowest BCUT2D eigenvalue weighted by Crippen LogP contribution is -2.54. The third-order valence-corrected chi connectivity index (χ3v) is 7.21. The number of piperidine rings is 1. The van der Waals surface area contributed by atoms with Crippen LogP contribution in [0.4, 0.5) is 0 Å². The quantitative estimate of drug-likeness (QED) is 0.888. The summed E-state index contributed by atoms with van der Waals surface area (Å²) in [5.41, 5.74) is 2.52. The van der Waals surface area contributed by atoms with Crippen LogP contribution in [0.1, 0.15) is 68.2 Å². The Kier molecular flexibility index (Phi) is 5.15. The lowest BCUT2D eigenvalue weighted by Gasteiger charge is -2.44. The fourth-order valence-corrected chi connectivity index (χ4v) is 5.50. The Balaban J connectivity index is 1.47. The predicted molar refractivity (Wildman–Crippen MR) is 107 cm³/mol. The largest absolute Gasteiger partial charge is 0.363 e. The molecule has 1 aromatic rings. The number of H-pyrrole nitrogens is 1. The molecule has 1 spiro atoms. The summed E-state index contributed by atoms with van der Waals surface area (Å²) in [5.74, 6) is 0.414. The van der Waals surface area contributed by atoms with Crippen LogP contribution < -0.4 is 5.43 Å². The molecule has 1 N–H and O–H groups in total. The van der Waals surface area contributed by atoms with Crippen molar-refractivity contribution in [3.8, 4) is 0 Å². The zero-order valence-electron chi connectivity index (χ0n) is 16.9. The second kappa shape index (κ2) is 7.42.